The SMILES string of the molecule is CCCOP(OC[C@H]1O[C@@H](n2cc(C)c(=O)[nH]c2=O)CC1OC(=O)CCC(C)=O)OC1C[C@H](n2cnc3c(NC(=O)c4ccc(CNC(=O)CCCC(=O)OCC5c6ccccc6-c6ccccc65)cc4)ncnc32)O[C@@H]1COC(c1ccccc1)(c1ccc(OC)cc1)c1ccc(OC)cc1. The highest BCUT2D eigenvalue weighted by atomic mass is 31.2. The predicted octanol–water partition coefficient (Wildman–Crippen LogP) is 11.0. The molecule has 1 aliphatic carbocycles. The van der Waals surface area contributed by atoms with Crippen LogP contribution < -0.4 is 31.4 Å². The Balaban J connectivity index is 0.751. The molecule has 9 aromatic rings. The summed E-state index contributed by atoms with van der Waals surface area (Å²) in [6.45, 7) is 5.11. The number of rotatable bonds is 32. The van der Waals surface area contributed by atoms with E-state index in [9.17, 15) is 33.6 Å². The molecule has 102 heavy (non-hydrogen) atoms. The fourth-order valence-corrected chi connectivity index (χ4v) is 14.1. The van der Waals surface area contributed by atoms with Crippen LogP contribution in [0.15, 0.2) is 180 Å². The summed E-state index contributed by atoms with van der Waals surface area (Å²) in [5, 5.41) is 5.80. The third kappa shape index (κ3) is 16.6. The molecule has 2 aliphatic heterocycles. The van der Waals surface area contributed by atoms with E-state index >= 15 is 0 Å². The monoisotopic (exact) mass is 1410 g/mol. The lowest BCUT2D eigenvalue weighted by atomic mass is 9.80. The molecule has 26 heteroatoms. The second-order valence-electron chi connectivity index (χ2n) is 25.0. The third-order valence-corrected chi connectivity index (χ3v) is 19.3. The summed E-state index contributed by atoms with van der Waals surface area (Å²) in [7, 11) is 0.905. The number of methoxy groups -OCH3 is 2. The minimum absolute atomic E-state index is 0.00571. The van der Waals surface area contributed by atoms with E-state index in [2.05, 4.69) is 49.9 Å². The quantitative estimate of drug-likeness (QED) is 0.0200. The third-order valence-electron chi connectivity index (χ3n) is 18.2. The summed E-state index contributed by atoms with van der Waals surface area (Å²) in [6, 6.07) is 48.0. The van der Waals surface area contributed by atoms with E-state index in [0.29, 0.717) is 35.6 Å². The van der Waals surface area contributed by atoms with Gasteiger partial charge < -0.3 is 62.2 Å². The van der Waals surface area contributed by atoms with Gasteiger partial charge in [0.05, 0.1) is 52.9 Å². The van der Waals surface area contributed by atoms with Crippen LogP contribution in [0.25, 0.3) is 22.3 Å². The first-order valence-electron chi connectivity index (χ1n) is 33.8. The molecule has 0 spiro atoms. The first-order valence-corrected chi connectivity index (χ1v) is 34.9. The largest absolute Gasteiger partial charge is 0.497 e. The van der Waals surface area contributed by atoms with Crippen molar-refractivity contribution in [3.63, 3.8) is 0 Å². The fraction of sp³-hybridized carbons (Fsp3) is 0.342. The van der Waals surface area contributed by atoms with Gasteiger partial charge in [0, 0.05) is 61.9 Å². The Kier molecular flexibility index (Phi) is 23.3. The number of aryl methyl sites for hydroxylation is 1. The van der Waals surface area contributed by atoms with Gasteiger partial charge in [0.25, 0.3) is 11.5 Å². The highest BCUT2D eigenvalue weighted by Crippen LogP contribution is 2.50. The van der Waals surface area contributed by atoms with Crippen LogP contribution in [0.4, 0.5) is 5.82 Å². The predicted molar refractivity (Wildman–Crippen MR) is 375 cm³/mol. The molecule has 3 N–H and O–H groups in total. The zero-order chi connectivity index (χ0) is 71.3. The van der Waals surface area contributed by atoms with Gasteiger partial charge in [-0.15, -0.1) is 0 Å². The van der Waals surface area contributed by atoms with Crippen LogP contribution in [0.1, 0.15) is 133 Å². The van der Waals surface area contributed by atoms with Gasteiger partial charge in [-0.2, -0.15) is 0 Å². The number of hydrogen-bond acceptors (Lipinski definition) is 20. The number of H-pyrrole nitrogens is 1. The maximum atomic E-state index is 14.0. The number of nitrogens with one attached hydrogen (secondary N) is 3. The first-order chi connectivity index (χ1) is 49.6. The number of ether oxygens (including phenoxy) is 7. The Morgan fingerprint density at radius 2 is 1.29 bits per heavy atom. The molecule has 3 aromatic heterocycles. The number of hydrogen-bond donors (Lipinski definition) is 3. The molecule has 0 bridgehead atoms. The van der Waals surface area contributed by atoms with E-state index in [1.165, 1.54) is 24.0 Å². The summed E-state index contributed by atoms with van der Waals surface area (Å²) >= 11 is 0. The summed E-state index contributed by atoms with van der Waals surface area (Å²) in [5.41, 5.74) is 6.17. The number of benzene rings is 6. The van der Waals surface area contributed by atoms with Crippen molar-refractivity contribution in [2.75, 3.05) is 46.0 Å². The zero-order valence-electron chi connectivity index (χ0n) is 57.0. The van der Waals surface area contributed by atoms with Gasteiger partial charge in [0.2, 0.25) is 5.91 Å². The number of carbonyl (C=O) groups excluding carboxylic acids is 5. The van der Waals surface area contributed by atoms with Crippen LogP contribution >= 0.6 is 8.60 Å². The van der Waals surface area contributed by atoms with Crippen LogP contribution in [0.5, 0.6) is 11.5 Å². The molecule has 6 aromatic carbocycles. The Morgan fingerprint density at radius 3 is 1.95 bits per heavy atom. The van der Waals surface area contributed by atoms with Crippen LogP contribution in [0.3, 0.4) is 0 Å². The number of nitrogens with zero attached hydrogens (tertiary/aromatic N) is 5. The number of fused-ring (bicyclic) bond motifs is 4. The highest BCUT2D eigenvalue weighted by molar-refractivity contribution is 7.41. The van der Waals surface area contributed by atoms with Gasteiger partial charge in [-0.05, 0) is 108 Å². The number of amides is 2. The topological polar surface area (TPSA) is 300 Å². The minimum Gasteiger partial charge on any atom is -0.497 e. The molecule has 5 heterocycles. The van der Waals surface area contributed by atoms with Gasteiger partial charge in [-0.25, -0.2) is 19.7 Å². The molecule has 530 valence electrons. The summed E-state index contributed by atoms with van der Waals surface area (Å²) in [4.78, 5) is 107. The standard InChI is InChI=1S/C76H79N8O17P/c1-6-37-96-102(97-44-64-61(100-69(88)36-23-48(3)85)38-66(99-64)83-41-47(2)73(89)82-75(83)91)101-62-39-67(98-63(62)43-95-76(51-15-8-7-9-16-51,52-28-32-54(92-4)33-29-52)53-30-34-55(93-5)35-31-53)84-46-80-70-71(78-45-79-72(70)84)81-74(90)50-26-24-49(25-27-50)40-77-65(86)21-14-22-68(87)94-42-60-58-19-12-10-17-56(58)57-18-11-13-20-59(57)60/h7-13,15-20,24-35,41,45-46,60-64,66-67H,6,14,21-23,36-40,42-44H2,1-5H3,(H,77,86)(H,82,89,91)(H,78,79,81,90)/t61?,62?,63-,64-,66-,67-,102?/m1/s1. The molecule has 7 atom stereocenters. The number of carbonyl (C=O) groups is 5. The Hall–Kier alpha value is -10.1. The van der Waals surface area contributed by atoms with Crippen molar-refractivity contribution in [1.82, 2.24) is 34.4 Å². The van der Waals surface area contributed by atoms with Gasteiger partial charge in [0.1, 0.15) is 66.6 Å². The summed E-state index contributed by atoms with van der Waals surface area (Å²) in [5.74, 6) is -0.583. The van der Waals surface area contributed by atoms with Crippen molar-refractivity contribution in [3.8, 4) is 22.6 Å². The molecule has 3 unspecified atom stereocenters. The van der Waals surface area contributed by atoms with Crippen molar-refractivity contribution >= 4 is 55.1 Å². The molecule has 25 nitrogen and oxygen atoms in total. The van der Waals surface area contributed by atoms with Crippen molar-refractivity contribution in [2.24, 2.45) is 0 Å². The molecule has 3 aliphatic rings. The summed E-state index contributed by atoms with van der Waals surface area (Å²) < 4.78 is 66.6. The van der Waals surface area contributed by atoms with E-state index in [1.54, 1.807) is 56.3 Å². The lowest BCUT2D eigenvalue weighted by Gasteiger charge is -2.37. The average molecular weight is 1410 g/mol. The van der Waals surface area contributed by atoms with Crippen molar-refractivity contribution in [3.05, 3.63) is 236 Å². The number of Topliss-reactive ketones (excluding diaryl/α,β-unsaturated/α-hetero) is 1. The van der Waals surface area contributed by atoms with E-state index < -0.39 is 74.2 Å². The lowest BCUT2D eigenvalue weighted by Crippen LogP contribution is -2.38. The lowest BCUT2D eigenvalue weighted by molar-refractivity contribution is -0.153. The van der Waals surface area contributed by atoms with Crippen LogP contribution in [-0.2, 0) is 68.6 Å². The Morgan fingerprint density at radius 1 is 0.667 bits per heavy atom. The van der Waals surface area contributed by atoms with Crippen molar-refractivity contribution in [2.45, 2.75) is 127 Å². The van der Waals surface area contributed by atoms with Gasteiger partial charge in [-0.1, -0.05) is 122 Å². The molecule has 0 radical (unpaired) electrons. The number of aromatic amines is 1. The number of anilines is 1. The molecular formula is C76H79N8O17P. The van der Waals surface area contributed by atoms with E-state index in [1.807, 2.05) is 110 Å². The highest BCUT2D eigenvalue weighted by Gasteiger charge is 2.46. The molecule has 12 rings (SSSR count). The van der Waals surface area contributed by atoms with Gasteiger partial charge in [0.15, 0.2) is 17.0 Å². The fourth-order valence-electron chi connectivity index (χ4n) is 12.9. The second-order valence-corrected chi connectivity index (χ2v) is 26.2. The Bertz CT molecular complexity index is 4460. The molecule has 2 amide bonds. The smallest absolute Gasteiger partial charge is 0.333 e. The van der Waals surface area contributed by atoms with Crippen LogP contribution in [0.2, 0.25) is 0 Å². The van der Waals surface area contributed by atoms with E-state index in [4.69, 9.17) is 51.7 Å². The van der Waals surface area contributed by atoms with E-state index in [0.717, 1.165) is 44.5 Å². The number of ketones is 1. The van der Waals surface area contributed by atoms with E-state index in [-0.39, 0.29) is 112 Å². The number of imidazole rings is 1. The molecule has 0 saturated carbocycles. The van der Waals surface area contributed by atoms with Crippen molar-refractivity contribution in [1.29, 1.82) is 0 Å². The van der Waals surface area contributed by atoms with Gasteiger partial charge >= 0.3 is 26.2 Å². The zero-order valence-corrected chi connectivity index (χ0v) is 57.9. The van der Waals surface area contributed by atoms with Gasteiger partial charge in [-0.3, -0.25) is 38.1 Å². The molecular weight excluding hydrogens is 1330 g/mol. The molecule has 2 saturated heterocycles. The minimum atomic E-state index is -2.29. The maximum Gasteiger partial charge on any atom is 0.333 e. The van der Waals surface area contributed by atoms with Crippen LogP contribution in [0, 0.1) is 6.92 Å². The van der Waals surface area contributed by atoms with Crippen molar-refractivity contribution < 1.29 is 70.7 Å². The number of esters is 2. The maximum absolute atomic E-state index is 14.0. The number of aromatic nitrogens is 6. The first kappa shape index (κ1) is 71.7. The second kappa shape index (κ2) is 33.1. The Labute approximate surface area is 589 Å². The molecule has 2 fully saturated rings. The normalized spacial score (nSPS) is 18.1. The summed E-state index contributed by atoms with van der Waals surface area (Å²) in [6.07, 6.45) is -0.239. The van der Waals surface area contributed by atoms with Crippen LogP contribution in [-0.4, -0.2) is 124 Å². The average Bonchev–Trinajstić information content (AvgIpc) is 1.58.